The summed E-state index contributed by atoms with van der Waals surface area (Å²) in [5, 5.41) is 3.71. The third-order valence-corrected chi connectivity index (χ3v) is 2.76. The Balaban J connectivity index is 2.04. The third-order valence-electron chi connectivity index (χ3n) is 2.00. The predicted molar refractivity (Wildman–Crippen MR) is 60.2 cm³/mol. The van der Waals surface area contributed by atoms with Crippen molar-refractivity contribution < 1.29 is 8.78 Å². The summed E-state index contributed by atoms with van der Waals surface area (Å²) in [6, 6.07) is 5.15. The number of nitrogen functional groups attached to an aromatic ring is 1. The fraction of sp³-hybridized carbons (Fsp3) is 0.100. The monoisotopic (exact) mass is 241 g/mol. The Kier molecular flexibility index (Phi) is 3.00. The quantitative estimate of drug-likeness (QED) is 0.868. The van der Waals surface area contributed by atoms with Gasteiger partial charge in [0.25, 0.3) is 0 Å². The number of aromatic nitrogens is 1. The van der Waals surface area contributed by atoms with Gasteiger partial charge < -0.3 is 11.1 Å². The van der Waals surface area contributed by atoms with Crippen molar-refractivity contribution in [2.45, 2.75) is 6.54 Å². The minimum atomic E-state index is -0.580. The van der Waals surface area contributed by atoms with E-state index < -0.39 is 11.6 Å². The van der Waals surface area contributed by atoms with Crippen LogP contribution in [0.5, 0.6) is 0 Å². The molecule has 0 spiro atoms. The van der Waals surface area contributed by atoms with Gasteiger partial charge in [-0.05, 0) is 17.6 Å². The van der Waals surface area contributed by atoms with Crippen LogP contribution in [-0.4, -0.2) is 4.37 Å². The van der Waals surface area contributed by atoms with E-state index in [0.29, 0.717) is 11.4 Å². The fourth-order valence-corrected chi connectivity index (χ4v) is 1.79. The van der Waals surface area contributed by atoms with Gasteiger partial charge in [-0.3, -0.25) is 0 Å². The highest BCUT2D eigenvalue weighted by Crippen LogP contribution is 2.19. The van der Waals surface area contributed by atoms with E-state index in [2.05, 4.69) is 9.69 Å². The molecule has 16 heavy (non-hydrogen) atoms. The molecule has 2 rings (SSSR count). The molecule has 3 nitrogen and oxygen atoms in total. The van der Waals surface area contributed by atoms with Gasteiger partial charge in [-0.1, -0.05) is 6.07 Å². The average molecular weight is 241 g/mol. The molecule has 0 unspecified atom stereocenters. The van der Waals surface area contributed by atoms with Crippen molar-refractivity contribution in [2.24, 2.45) is 0 Å². The highest BCUT2D eigenvalue weighted by atomic mass is 32.1. The summed E-state index contributed by atoms with van der Waals surface area (Å²) in [4.78, 5) is 0. The summed E-state index contributed by atoms with van der Waals surface area (Å²) < 4.78 is 29.7. The van der Waals surface area contributed by atoms with Crippen LogP contribution in [0.1, 0.15) is 5.56 Å². The summed E-state index contributed by atoms with van der Waals surface area (Å²) >= 11 is 1.20. The predicted octanol–water partition coefficient (Wildman–Crippen LogP) is 2.62. The third kappa shape index (κ3) is 2.46. The molecule has 0 fully saturated rings. The molecule has 3 N–H and O–H groups in total. The molecule has 0 amide bonds. The smallest absolute Gasteiger partial charge is 0.139 e. The Labute approximate surface area is 95.1 Å². The van der Waals surface area contributed by atoms with Crippen molar-refractivity contribution in [3.8, 4) is 0 Å². The summed E-state index contributed by atoms with van der Waals surface area (Å²) in [6.07, 6.45) is 0. The standard InChI is InChI=1S/C10H9F2N3S/c11-7-2-1-6(8(12)3-7)5-14-10-4-9(13)15-16-10/h1-4,14H,5H2,(H2,13,15). The van der Waals surface area contributed by atoms with E-state index in [0.717, 1.165) is 11.1 Å². The van der Waals surface area contributed by atoms with Gasteiger partial charge in [-0.25, -0.2) is 8.78 Å². The zero-order valence-corrected chi connectivity index (χ0v) is 9.02. The molecule has 0 aliphatic carbocycles. The first-order chi connectivity index (χ1) is 7.65. The molecule has 0 radical (unpaired) electrons. The number of nitrogens with one attached hydrogen (secondary N) is 1. The van der Waals surface area contributed by atoms with E-state index in [4.69, 9.17) is 5.73 Å². The van der Waals surface area contributed by atoms with Crippen LogP contribution in [0.3, 0.4) is 0 Å². The first kappa shape index (κ1) is 10.8. The number of nitrogens with two attached hydrogens (primary N) is 1. The number of hydrogen-bond acceptors (Lipinski definition) is 4. The second-order valence-electron chi connectivity index (χ2n) is 3.21. The number of nitrogens with zero attached hydrogens (tertiary/aromatic N) is 1. The van der Waals surface area contributed by atoms with Gasteiger partial charge in [0.1, 0.15) is 22.5 Å². The maximum atomic E-state index is 13.2. The van der Waals surface area contributed by atoms with E-state index in [9.17, 15) is 8.78 Å². The molecule has 0 saturated carbocycles. The molecule has 6 heteroatoms. The lowest BCUT2D eigenvalue weighted by molar-refractivity contribution is 0.574. The molecule has 0 bridgehead atoms. The van der Waals surface area contributed by atoms with Crippen molar-refractivity contribution in [3.05, 3.63) is 41.5 Å². The number of hydrogen-bond donors (Lipinski definition) is 2. The number of benzene rings is 1. The molecule has 1 heterocycles. The first-order valence-corrected chi connectivity index (χ1v) is 5.32. The molecule has 0 aliphatic heterocycles. The molecule has 2 aromatic rings. The van der Waals surface area contributed by atoms with Crippen LogP contribution in [0.15, 0.2) is 24.3 Å². The van der Waals surface area contributed by atoms with E-state index in [1.54, 1.807) is 6.07 Å². The van der Waals surface area contributed by atoms with Crippen LogP contribution in [0.4, 0.5) is 19.6 Å². The molecule has 1 aromatic carbocycles. The maximum absolute atomic E-state index is 13.2. The Morgan fingerprint density at radius 3 is 2.75 bits per heavy atom. The van der Waals surface area contributed by atoms with Gasteiger partial charge in [0.2, 0.25) is 0 Å². The second-order valence-corrected chi connectivity index (χ2v) is 4.01. The minimum absolute atomic E-state index is 0.272. The van der Waals surface area contributed by atoms with Crippen LogP contribution in [0, 0.1) is 11.6 Å². The molecular formula is C10H9F2N3S. The molecule has 0 aliphatic rings. The van der Waals surface area contributed by atoms with Crippen molar-refractivity contribution in [1.82, 2.24) is 4.37 Å². The lowest BCUT2D eigenvalue weighted by Gasteiger charge is -2.04. The lowest BCUT2D eigenvalue weighted by Crippen LogP contribution is -2.00. The van der Waals surface area contributed by atoms with E-state index in [1.807, 2.05) is 0 Å². The molecule has 84 valence electrons. The van der Waals surface area contributed by atoms with Crippen LogP contribution in [0.2, 0.25) is 0 Å². The SMILES string of the molecule is Nc1cc(NCc2ccc(F)cc2F)sn1. The van der Waals surface area contributed by atoms with Gasteiger partial charge in [0.05, 0.1) is 0 Å². The van der Waals surface area contributed by atoms with Crippen LogP contribution in [0.25, 0.3) is 0 Å². The summed E-state index contributed by atoms with van der Waals surface area (Å²) in [5.74, 6) is -0.722. The van der Waals surface area contributed by atoms with Crippen LogP contribution in [-0.2, 0) is 6.54 Å². The largest absolute Gasteiger partial charge is 0.383 e. The van der Waals surface area contributed by atoms with E-state index in [1.165, 1.54) is 23.7 Å². The van der Waals surface area contributed by atoms with Crippen LogP contribution < -0.4 is 11.1 Å². The van der Waals surface area contributed by atoms with E-state index >= 15 is 0 Å². The molecule has 0 atom stereocenters. The topological polar surface area (TPSA) is 50.9 Å². The summed E-state index contributed by atoms with van der Waals surface area (Å²) in [6.45, 7) is 0.272. The Morgan fingerprint density at radius 1 is 1.31 bits per heavy atom. The fourth-order valence-electron chi connectivity index (χ4n) is 1.22. The Bertz CT molecular complexity index is 499. The second kappa shape index (κ2) is 4.44. The lowest BCUT2D eigenvalue weighted by atomic mass is 10.2. The highest BCUT2D eigenvalue weighted by molar-refractivity contribution is 7.10. The summed E-state index contributed by atoms with van der Waals surface area (Å²) in [7, 11) is 0. The Morgan fingerprint density at radius 2 is 2.12 bits per heavy atom. The first-order valence-electron chi connectivity index (χ1n) is 4.55. The normalized spacial score (nSPS) is 10.4. The minimum Gasteiger partial charge on any atom is -0.383 e. The number of halogens is 2. The average Bonchev–Trinajstić information content (AvgIpc) is 2.63. The molecule has 1 aromatic heterocycles. The summed E-state index contributed by atoms with van der Waals surface area (Å²) in [5.41, 5.74) is 5.83. The molecule has 0 saturated heterocycles. The van der Waals surface area contributed by atoms with Crippen molar-refractivity contribution in [1.29, 1.82) is 0 Å². The van der Waals surface area contributed by atoms with Crippen molar-refractivity contribution in [2.75, 3.05) is 11.1 Å². The molecular weight excluding hydrogens is 232 g/mol. The maximum Gasteiger partial charge on any atom is 0.139 e. The van der Waals surface area contributed by atoms with E-state index in [-0.39, 0.29) is 6.54 Å². The number of rotatable bonds is 3. The van der Waals surface area contributed by atoms with Crippen molar-refractivity contribution >= 4 is 22.4 Å². The van der Waals surface area contributed by atoms with Gasteiger partial charge in [0.15, 0.2) is 0 Å². The highest BCUT2D eigenvalue weighted by Gasteiger charge is 2.04. The number of anilines is 2. The Hall–Kier alpha value is -1.69. The van der Waals surface area contributed by atoms with Gasteiger partial charge in [0, 0.05) is 24.2 Å². The van der Waals surface area contributed by atoms with Crippen LogP contribution >= 0.6 is 11.5 Å². The van der Waals surface area contributed by atoms with Gasteiger partial charge in [-0.2, -0.15) is 4.37 Å². The van der Waals surface area contributed by atoms with Gasteiger partial charge in [-0.15, -0.1) is 0 Å². The zero-order chi connectivity index (χ0) is 11.5. The van der Waals surface area contributed by atoms with Crippen molar-refractivity contribution in [3.63, 3.8) is 0 Å². The van der Waals surface area contributed by atoms with Gasteiger partial charge >= 0.3 is 0 Å². The zero-order valence-electron chi connectivity index (χ0n) is 8.21.